The topological polar surface area (TPSA) is 107 Å². The molecule has 0 aliphatic rings. The van der Waals surface area contributed by atoms with Crippen LogP contribution in [0.5, 0.6) is 0 Å². The largest absolute Gasteiger partial charge is 0.480 e. The van der Waals surface area contributed by atoms with Gasteiger partial charge in [0, 0.05) is 13.1 Å². The molecule has 0 saturated heterocycles. The third kappa shape index (κ3) is 3.79. The average molecular weight is 357 g/mol. The molecule has 0 radical (unpaired) electrons. The number of aliphatic carboxylic acids is 1. The number of carboxylic acids is 1. The molecule has 0 aliphatic carbocycles. The number of rotatable bonds is 4. The Morgan fingerprint density at radius 2 is 1.80 bits per heavy atom. The molecule has 1 atom stereocenters. The van der Waals surface area contributed by atoms with Crippen molar-refractivity contribution in [2.45, 2.75) is 18.6 Å². The van der Waals surface area contributed by atoms with Crippen molar-refractivity contribution in [1.82, 2.24) is 9.13 Å². The molecule has 0 fully saturated rings. The monoisotopic (exact) mass is 357 g/mol. The van der Waals surface area contributed by atoms with E-state index in [1.807, 2.05) is 0 Å². The highest BCUT2D eigenvalue weighted by atomic mass is 19.4. The number of nitrogens with zero attached hydrogens (tertiary/aromatic N) is 2. The summed E-state index contributed by atoms with van der Waals surface area (Å²) in [5.74, 6) is -1.18. The summed E-state index contributed by atoms with van der Waals surface area (Å²) in [4.78, 5) is 34.8. The number of halogens is 3. The van der Waals surface area contributed by atoms with Crippen LogP contribution in [0.3, 0.4) is 0 Å². The lowest BCUT2D eigenvalue weighted by atomic mass is 10.1. The van der Waals surface area contributed by atoms with Crippen molar-refractivity contribution in [2.24, 2.45) is 12.8 Å². The number of benzene rings is 1. The molecular weight excluding hydrogens is 343 g/mol. The van der Waals surface area contributed by atoms with Crippen LogP contribution in [0.15, 0.2) is 39.9 Å². The fourth-order valence-electron chi connectivity index (χ4n) is 2.26. The Labute approximate surface area is 138 Å². The summed E-state index contributed by atoms with van der Waals surface area (Å²) in [6, 6.07) is 4.78. The van der Waals surface area contributed by atoms with Gasteiger partial charge in [-0.05, 0) is 24.1 Å². The second-order valence-corrected chi connectivity index (χ2v) is 5.36. The third-order valence-electron chi connectivity index (χ3n) is 3.58. The van der Waals surface area contributed by atoms with E-state index in [4.69, 9.17) is 10.8 Å². The molecule has 25 heavy (non-hydrogen) atoms. The maximum absolute atomic E-state index is 12.8. The Bertz CT molecular complexity index is 914. The predicted octanol–water partition coefficient (Wildman–Crippen LogP) is 0.509. The Balaban J connectivity index is 2.47. The first kappa shape index (κ1) is 18.5. The average Bonchev–Trinajstić information content (AvgIpc) is 2.51. The molecule has 1 aromatic carbocycles. The fourth-order valence-corrected chi connectivity index (χ4v) is 2.26. The maximum Gasteiger partial charge on any atom is 0.431 e. The molecular formula is C15H14F3N3O4. The molecule has 0 spiro atoms. The Morgan fingerprint density at radius 3 is 2.28 bits per heavy atom. The van der Waals surface area contributed by atoms with Crippen molar-refractivity contribution in [1.29, 1.82) is 0 Å². The highest BCUT2D eigenvalue weighted by Crippen LogP contribution is 2.26. The van der Waals surface area contributed by atoms with Crippen LogP contribution in [0.2, 0.25) is 0 Å². The van der Waals surface area contributed by atoms with Crippen LogP contribution in [-0.4, -0.2) is 26.3 Å². The minimum absolute atomic E-state index is 0.0233. The molecule has 0 saturated carbocycles. The number of nitrogens with two attached hydrogens (primary N) is 1. The number of hydrogen-bond donors (Lipinski definition) is 2. The number of carboxylic acid groups (broad SMARTS) is 1. The number of alkyl halides is 3. The normalized spacial score (nSPS) is 12.8. The summed E-state index contributed by atoms with van der Waals surface area (Å²) >= 11 is 0. The van der Waals surface area contributed by atoms with Gasteiger partial charge in [-0.15, -0.1) is 0 Å². The van der Waals surface area contributed by atoms with Crippen molar-refractivity contribution < 1.29 is 23.1 Å². The molecule has 0 unspecified atom stereocenters. The van der Waals surface area contributed by atoms with Crippen molar-refractivity contribution >= 4 is 5.97 Å². The zero-order valence-electron chi connectivity index (χ0n) is 12.9. The van der Waals surface area contributed by atoms with Gasteiger partial charge in [-0.25, -0.2) is 9.36 Å². The van der Waals surface area contributed by atoms with Gasteiger partial charge in [0.15, 0.2) is 0 Å². The summed E-state index contributed by atoms with van der Waals surface area (Å²) in [7, 11) is 0.918. The van der Waals surface area contributed by atoms with E-state index in [1.54, 1.807) is 0 Å². The Kier molecular flexibility index (Phi) is 4.84. The molecule has 1 heterocycles. The highest BCUT2D eigenvalue weighted by molar-refractivity contribution is 5.73. The summed E-state index contributed by atoms with van der Waals surface area (Å²) in [5.41, 5.74) is 2.40. The molecule has 1 aromatic heterocycles. The SMILES string of the molecule is Cn1c(C(F)(F)F)cc(=O)n(-c2ccc(C[C@H](N)C(=O)O)cc2)c1=O. The molecule has 134 valence electrons. The van der Waals surface area contributed by atoms with Crippen molar-refractivity contribution in [3.05, 3.63) is 62.4 Å². The first-order valence-corrected chi connectivity index (χ1v) is 7.00. The van der Waals surface area contributed by atoms with Crippen LogP contribution in [-0.2, 0) is 24.4 Å². The number of hydrogen-bond acceptors (Lipinski definition) is 4. The molecule has 2 rings (SSSR count). The van der Waals surface area contributed by atoms with Crippen molar-refractivity contribution in [2.75, 3.05) is 0 Å². The molecule has 7 nitrogen and oxygen atoms in total. The third-order valence-corrected chi connectivity index (χ3v) is 3.58. The van der Waals surface area contributed by atoms with Gasteiger partial charge >= 0.3 is 17.8 Å². The Hall–Kier alpha value is -2.88. The smallest absolute Gasteiger partial charge is 0.431 e. The Morgan fingerprint density at radius 1 is 1.24 bits per heavy atom. The lowest BCUT2D eigenvalue weighted by Crippen LogP contribution is -2.40. The summed E-state index contributed by atoms with van der Waals surface area (Å²) < 4.78 is 39.4. The lowest BCUT2D eigenvalue weighted by Gasteiger charge is -2.14. The van der Waals surface area contributed by atoms with Gasteiger partial charge in [-0.2, -0.15) is 13.2 Å². The van der Waals surface area contributed by atoms with Crippen LogP contribution < -0.4 is 17.0 Å². The van der Waals surface area contributed by atoms with E-state index >= 15 is 0 Å². The zero-order chi connectivity index (χ0) is 18.9. The standard InChI is InChI=1S/C15H14F3N3O4/c1-20-11(15(16,17)18)7-12(22)21(14(20)25)9-4-2-8(3-5-9)6-10(19)13(23)24/h2-5,7,10H,6,19H2,1H3,(H,23,24)/t10-/m0/s1. The van der Waals surface area contributed by atoms with Gasteiger partial charge in [0.25, 0.3) is 5.56 Å². The summed E-state index contributed by atoms with van der Waals surface area (Å²) in [5, 5.41) is 8.76. The van der Waals surface area contributed by atoms with E-state index in [0.29, 0.717) is 20.8 Å². The first-order valence-electron chi connectivity index (χ1n) is 7.00. The maximum atomic E-state index is 12.8. The van der Waals surface area contributed by atoms with Crippen LogP contribution in [0.1, 0.15) is 11.3 Å². The summed E-state index contributed by atoms with van der Waals surface area (Å²) in [6.45, 7) is 0. The fraction of sp³-hybridized carbons (Fsp3) is 0.267. The van der Waals surface area contributed by atoms with Crippen LogP contribution in [0.4, 0.5) is 13.2 Å². The van der Waals surface area contributed by atoms with E-state index in [1.165, 1.54) is 24.3 Å². The van der Waals surface area contributed by atoms with Gasteiger partial charge in [-0.1, -0.05) is 12.1 Å². The van der Waals surface area contributed by atoms with Gasteiger partial charge in [0.2, 0.25) is 0 Å². The summed E-state index contributed by atoms with van der Waals surface area (Å²) in [6.07, 6.45) is -4.81. The van der Waals surface area contributed by atoms with Crippen LogP contribution in [0.25, 0.3) is 5.69 Å². The van der Waals surface area contributed by atoms with E-state index in [-0.39, 0.29) is 12.1 Å². The minimum Gasteiger partial charge on any atom is -0.480 e. The van der Waals surface area contributed by atoms with Gasteiger partial charge < -0.3 is 10.8 Å². The van der Waals surface area contributed by atoms with E-state index in [9.17, 15) is 27.6 Å². The van der Waals surface area contributed by atoms with E-state index in [2.05, 4.69) is 0 Å². The molecule has 0 amide bonds. The lowest BCUT2D eigenvalue weighted by molar-refractivity contribution is -0.144. The van der Waals surface area contributed by atoms with Gasteiger partial charge in [-0.3, -0.25) is 14.2 Å². The number of carbonyl (C=O) groups is 1. The molecule has 2 aromatic rings. The second-order valence-electron chi connectivity index (χ2n) is 5.36. The van der Waals surface area contributed by atoms with E-state index < -0.39 is 35.1 Å². The predicted molar refractivity (Wildman–Crippen MR) is 81.6 cm³/mol. The van der Waals surface area contributed by atoms with Crippen LogP contribution in [0, 0.1) is 0 Å². The molecule has 0 aliphatic heterocycles. The van der Waals surface area contributed by atoms with Crippen molar-refractivity contribution in [3.63, 3.8) is 0 Å². The molecule has 10 heteroatoms. The van der Waals surface area contributed by atoms with Gasteiger partial charge in [0.1, 0.15) is 11.7 Å². The van der Waals surface area contributed by atoms with Crippen molar-refractivity contribution in [3.8, 4) is 5.69 Å². The quantitative estimate of drug-likeness (QED) is 0.829. The van der Waals surface area contributed by atoms with Crippen LogP contribution >= 0.6 is 0 Å². The zero-order valence-corrected chi connectivity index (χ0v) is 12.9. The van der Waals surface area contributed by atoms with Gasteiger partial charge in [0.05, 0.1) is 5.69 Å². The minimum atomic E-state index is -4.83. The molecule has 3 N–H and O–H groups in total. The molecule has 0 bridgehead atoms. The van der Waals surface area contributed by atoms with E-state index in [0.717, 1.165) is 7.05 Å². The number of aromatic nitrogens is 2. The second kappa shape index (κ2) is 6.55. The highest BCUT2D eigenvalue weighted by Gasteiger charge is 2.35. The first-order chi connectivity index (χ1) is 11.5.